The van der Waals surface area contributed by atoms with Crippen LogP contribution in [0, 0.1) is 0 Å². The van der Waals surface area contributed by atoms with Gasteiger partial charge in [0.1, 0.15) is 0 Å². The quantitative estimate of drug-likeness (QED) is 0.821. The molecule has 1 saturated heterocycles. The zero-order chi connectivity index (χ0) is 17.4. The van der Waals surface area contributed by atoms with E-state index in [-0.39, 0.29) is 0 Å². The lowest BCUT2D eigenvalue weighted by Gasteiger charge is -2.29. The van der Waals surface area contributed by atoms with Crippen LogP contribution in [0.15, 0.2) is 23.6 Å². The Morgan fingerprint density at radius 2 is 1.88 bits per heavy atom. The van der Waals surface area contributed by atoms with E-state index in [4.69, 9.17) is 4.98 Å². The summed E-state index contributed by atoms with van der Waals surface area (Å²) in [7, 11) is -3.21. The minimum Gasteiger partial charge on any atom is -0.348 e. The summed E-state index contributed by atoms with van der Waals surface area (Å²) < 4.78 is 25.5. The van der Waals surface area contributed by atoms with Crippen molar-refractivity contribution in [1.29, 1.82) is 0 Å². The number of rotatable bonds is 3. The van der Waals surface area contributed by atoms with Gasteiger partial charge in [0.15, 0.2) is 5.13 Å². The maximum Gasteiger partial charge on any atom is 0.232 e. The normalized spacial score (nSPS) is 18.3. The van der Waals surface area contributed by atoms with Gasteiger partial charge in [-0.05, 0) is 49.8 Å². The topological polar surface area (TPSA) is 53.5 Å². The lowest BCUT2D eigenvalue weighted by atomic mass is 10.00. The molecule has 2 aliphatic rings. The number of benzene rings is 1. The molecule has 0 aliphatic carbocycles. The molecule has 7 heteroatoms. The number of hydrogen-bond donors (Lipinski definition) is 0. The summed E-state index contributed by atoms with van der Waals surface area (Å²) in [6.07, 6.45) is 6.86. The van der Waals surface area contributed by atoms with Gasteiger partial charge in [-0.2, -0.15) is 0 Å². The minimum atomic E-state index is -3.21. The van der Waals surface area contributed by atoms with Crippen molar-refractivity contribution in [2.45, 2.75) is 32.1 Å². The molecular formula is C18H23N3O2S2. The van der Waals surface area contributed by atoms with Gasteiger partial charge in [-0.3, -0.25) is 4.31 Å². The third kappa shape index (κ3) is 3.40. The Labute approximate surface area is 153 Å². The van der Waals surface area contributed by atoms with Gasteiger partial charge in [0.05, 0.1) is 17.6 Å². The summed E-state index contributed by atoms with van der Waals surface area (Å²) in [6, 6.07) is 6.05. The second-order valence-corrected chi connectivity index (χ2v) is 9.59. The molecule has 5 nitrogen and oxygen atoms in total. The molecule has 2 aliphatic heterocycles. The minimum absolute atomic E-state index is 0.570. The van der Waals surface area contributed by atoms with Crippen molar-refractivity contribution in [3.8, 4) is 11.3 Å². The van der Waals surface area contributed by atoms with Gasteiger partial charge in [-0.25, -0.2) is 13.4 Å². The molecule has 1 aromatic heterocycles. The van der Waals surface area contributed by atoms with Gasteiger partial charge >= 0.3 is 0 Å². The molecule has 25 heavy (non-hydrogen) atoms. The summed E-state index contributed by atoms with van der Waals surface area (Å²) in [5.74, 6) is 0. The molecule has 2 aromatic rings. The number of aryl methyl sites for hydroxylation is 1. The number of fused-ring (bicyclic) bond motifs is 1. The first-order valence-corrected chi connectivity index (χ1v) is 11.6. The van der Waals surface area contributed by atoms with Gasteiger partial charge in [-0.1, -0.05) is 6.07 Å². The van der Waals surface area contributed by atoms with Crippen LogP contribution in [-0.2, 0) is 16.4 Å². The molecule has 0 unspecified atom stereocenters. The molecule has 0 spiro atoms. The lowest BCUT2D eigenvalue weighted by molar-refractivity contribution is 0.577. The number of piperidine rings is 1. The number of sulfonamides is 1. The number of aromatic nitrogens is 1. The fraction of sp³-hybridized carbons (Fsp3) is 0.500. The number of thiazole rings is 1. The number of anilines is 2. The van der Waals surface area contributed by atoms with Crippen molar-refractivity contribution in [3.63, 3.8) is 0 Å². The van der Waals surface area contributed by atoms with Crippen molar-refractivity contribution < 1.29 is 8.42 Å². The van der Waals surface area contributed by atoms with E-state index in [0.29, 0.717) is 6.54 Å². The van der Waals surface area contributed by atoms with E-state index >= 15 is 0 Å². The average Bonchev–Trinajstić information content (AvgIpc) is 3.11. The highest BCUT2D eigenvalue weighted by atomic mass is 32.2. The summed E-state index contributed by atoms with van der Waals surface area (Å²) >= 11 is 1.70. The summed E-state index contributed by atoms with van der Waals surface area (Å²) in [4.78, 5) is 7.21. The van der Waals surface area contributed by atoms with Crippen LogP contribution < -0.4 is 9.21 Å². The van der Waals surface area contributed by atoms with E-state index in [1.54, 1.807) is 11.3 Å². The highest BCUT2D eigenvalue weighted by Gasteiger charge is 2.24. The van der Waals surface area contributed by atoms with Crippen LogP contribution >= 0.6 is 11.3 Å². The van der Waals surface area contributed by atoms with Crippen molar-refractivity contribution in [3.05, 3.63) is 29.1 Å². The first-order chi connectivity index (χ1) is 12.0. The van der Waals surface area contributed by atoms with Gasteiger partial charge in [0.25, 0.3) is 0 Å². The van der Waals surface area contributed by atoms with Crippen molar-refractivity contribution >= 4 is 32.2 Å². The van der Waals surface area contributed by atoms with E-state index in [0.717, 1.165) is 53.6 Å². The average molecular weight is 378 g/mol. The lowest BCUT2D eigenvalue weighted by Crippen LogP contribution is -2.34. The molecule has 134 valence electrons. The molecule has 4 rings (SSSR count). The van der Waals surface area contributed by atoms with Crippen molar-refractivity contribution in [2.24, 2.45) is 0 Å². The smallest absolute Gasteiger partial charge is 0.232 e. The molecule has 1 aromatic carbocycles. The molecule has 3 heterocycles. The molecule has 0 atom stereocenters. The van der Waals surface area contributed by atoms with E-state index in [1.807, 2.05) is 12.1 Å². The zero-order valence-electron chi connectivity index (χ0n) is 14.4. The van der Waals surface area contributed by atoms with Crippen molar-refractivity contribution in [2.75, 3.05) is 35.1 Å². The molecule has 0 bridgehead atoms. The zero-order valence-corrected chi connectivity index (χ0v) is 16.1. The van der Waals surface area contributed by atoms with Crippen LogP contribution in [0.5, 0.6) is 0 Å². The summed E-state index contributed by atoms with van der Waals surface area (Å²) in [5.41, 5.74) is 3.99. The second-order valence-electron chi connectivity index (χ2n) is 6.85. The predicted molar refractivity (Wildman–Crippen MR) is 104 cm³/mol. The van der Waals surface area contributed by atoms with E-state index in [2.05, 4.69) is 16.3 Å². The Morgan fingerprint density at radius 1 is 1.08 bits per heavy atom. The van der Waals surface area contributed by atoms with Crippen LogP contribution in [-0.4, -0.2) is 39.3 Å². The fourth-order valence-electron chi connectivity index (χ4n) is 3.69. The third-order valence-corrected chi connectivity index (χ3v) is 7.05. The van der Waals surface area contributed by atoms with Crippen LogP contribution in [0.1, 0.15) is 31.2 Å². The van der Waals surface area contributed by atoms with Gasteiger partial charge < -0.3 is 4.90 Å². The predicted octanol–water partition coefficient (Wildman–Crippen LogP) is 3.51. The molecular weight excluding hydrogens is 354 g/mol. The molecule has 0 radical (unpaired) electrons. The molecule has 0 amide bonds. The summed E-state index contributed by atoms with van der Waals surface area (Å²) in [5, 5.41) is 3.22. The first kappa shape index (κ1) is 16.8. The maximum atomic E-state index is 12.0. The number of hydrogen-bond acceptors (Lipinski definition) is 5. The van der Waals surface area contributed by atoms with Crippen LogP contribution in [0.4, 0.5) is 10.8 Å². The Balaban J connectivity index is 1.63. The highest BCUT2D eigenvalue weighted by Crippen LogP contribution is 2.34. The maximum absolute atomic E-state index is 12.0. The number of nitrogens with zero attached hydrogens (tertiary/aromatic N) is 3. The van der Waals surface area contributed by atoms with Gasteiger partial charge in [0, 0.05) is 30.6 Å². The Kier molecular flexibility index (Phi) is 4.45. The Hall–Kier alpha value is -1.60. The Morgan fingerprint density at radius 3 is 2.64 bits per heavy atom. The van der Waals surface area contributed by atoms with Gasteiger partial charge in [-0.15, -0.1) is 11.3 Å². The third-order valence-electron chi connectivity index (χ3n) is 4.97. The molecule has 1 fully saturated rings. The standard InChI is InChI=1S/C18H23N3O2S2/c1-25(22,23)21-11-5-6-15-12-14(7-8-17(15)21)16-13-24-18(19-16)20-9-3-2-4-10-20/h7-8,12-13H,2-6,9-11H2,1H3. The van der Waals surface area contributed by atoms with Gasteiger partial charge in [0.2, 0.25) is 10.0 Å². The van der Waals surface area contributed by atoms with E-state index in [1.165, 1.54) is 29.8 Å². The van der Waals surface area contributed by atoms with Crippen LogP contribution in [0.2, 0.25) is 0 Å². The largest absolute Gasteiger partial charge is 0.348 e. The first-order valence-electron chi connectivity index (χ1n) is 8.84. The van der Waals surface area contributed by atoms with E-state index < -0.39 is 10.0 Å². The highest BCUT2D eigenvalue weighted by molar-refractivity contribution is 7.92. The summed E-state index contributed by atoms with van der Waals surface area (Å²) in [6.45, 7) is 2.77. The molecule has 0 saturated carbocycles. The van der Waals surface area contributed by atoms with Crippen LogP contribution in [0.3, 0.4) is 0 Å². The van der Waals surface area contributed by atoms with E-state index in [9.17, 15) is 8.42 Å². The van der Waals surface area contributed by atoms with Crippen molar-refractivity contribution in [1.82, 2.24) is 4.98 Å². The SMILES string of the molecule is CS(=O)(=O)N1CCCc2cc(-c3csc(N4CCCCC4)n3)ccc21. The second kappa shape index (κ2) is 6.61. The fourth-order valence-corrected chi connectivity index (χ4v) is 5.58. The Bertz CT molecular complexity index is 870. The van der Waals surface area contributed by atoms with Crippen LogP contribution in [0.25, 0.3) is 11.3 Å². The molecule has 0 N–H and O–H groups in total. The monoisotopic (exact) mass is 377 g/mol.